The van der Waals surface area contributed by atoms with E-state index in [4.69, 9.17) is 4.42 Å². The van der Waals surface area contributed by atoms with Crippen molar-refractivity contribution < 1.29 is 4.42 Å². The number of para-hydroxylation sites is 1. The van der Waals surface area contributed by atoms with Crippen LogP contribution in [0.25, 0.3) is 33.1 Å². The first-order valence-corrected chi connectivity index (χ1v) is 19.3. The Balaban J connectivity index is 1.16. The van der Waals surface area contributed by atoms with E-state index >= 15 is 0 Å². The van der Waals surface area contributed by atoms with Gasteiger partial charge in [-0.25, -0.2) is 0 Å². The van der Waals surface area contributed by atoms with Crippen molar-refractivity contribution in [3.05, 3.63) is 125 Å². The Morgan fingerprint density at radius 3 is 2.22 bits per heavy atom. The second kappa shape index (κ2) is 8.94. The summed E-state index contributed by atoms with van der Waals surface area (Å²) in [7, 11) is 0. The summed E-state index contributed by atoms with van der Waals surface area (Å²) in [6.45, 7) is 9.86. The molecular formula is C48H45NO. The van der Waals surface area contributed by atoms with Gasteiger partial charge in [-0.1, -0.05) is 94.4 Å². The van der Waals surface area contributed by atoms with Gasteiger partial charge in [-0.3, -0.25) is 0 Å². The molecule has 0 radical (unpaired) electrons. The van der Waals surface area contributed by atoms with Crippen molar-refractivity contribution in [2.75, 3.05) is 4.90 Å². The van der Waals surface area contributed by atoms with E-state index in [9.17, 15) is 0 Å². The van der Waals surface area contributed by atoms with Crippen LogP contribution in [0.1, 0.15) is 88.5 Å². The molecule has 5 aromatic carbocycles. The predicted octanol–water partition coefficient (Wildman–Crippen LogP) is 12.7. The minimum Gasteiger partial charge on any atom is -0.456 e. The number of nitrogens with zero attached hydrogens (tertiary/aromatic N) is 1. The van der Waals surface area contributed by atoms with E-state index in [-0.39, 0.29) is 16.2 Å². The van der Waals surface area contributed by atoms with Crippen LogP contribution in [-0.4, -0.2) is 0 Å². The fourth-order valence-electron chi connectivity index (χ4n) is 13.7. The third kappa shape index (κ3) is 3.09. The lowest BCUT2D eigenvalue weighted by Gasteiger charge is -2.76. The maximum Gasteiger partial charge on any atom is 0.135 e. The van der Waals surface area contributed by atoms with E-state index in [1.54, 1.807) is 11.1 Å². The summed E-state index contributed by atoms with van der Waals surface area (Å²) in [6.07, 6.45) is 8.23. The molecule has 6 aliphatic carbocycles. The van der Waals surface area contributed by atoms with Gasteiger partial charge < -0.3 is 9.32 Å². The lowest BCUT2D eigenvalue weighted by molar-refractivity contribution is -0.231. The van der Waals surface area contributed by atoms with Gasteiger partial charge in [0.2, 0.25) is 0 Å². The number of hydrogen-bond donors (Lipinski definition) is 0. The number of anilines is 3. The summed E-state index contributed by atoms with van der Waals surface area (Å²) in [4.78, 5) is 2.66. The van der Waals surface area contributed by atoms with Crippen LogP contribution in [0, 0.1) is 29.1 Å². The molecule has 6 aliphatic rings. The lowest BCUT2D eigenvalue weighted by atomic mass is 9.27. The molecule has 248 valence electrons. The Morgan fingerprint density at radius 1 is 0.620 bits per heavy atom. The van der Waals surface area contributed by atoms with Gasteiger partial charge in [-0.05, 0) is 143 Å². The van der Waals surface area contributed by atoms with Crippen LogP contribution in [0.15, 0.2) is 108 Å². The van der Waals surface area contributed by atoms with Gasteiger partial charge in [0, 0.05) is 27.4 Å². The number of fused-ring (bicyclic) bond motifs is 12. The third-order valence-electron chi connectivity index (χ3n) is 15.6. The average molecular weight is 652 g/mol. The van der Waals surface area contributed by atoms with E-state index in [1.807, 2.05) is 0 Å². The van der Waals surface area contributed by atoms with Crippen LogP contribution in [0.5, 0.6) is 0 Å². The molecule has 2 heteroatoms. The van der Waals surface area contributed by atoms with E-state index in [1.165, 1.54) is 88.6 Å². The van der Waals surface area contributed by atoms with Crippen molar-refractivity contribution >= 4 is 39.0 Å². The average Bonchev–Trinajstić information content (AvgIpc) is 3.85. The molecule has 4 saturated carbocycles. The van der Waals surface area contributed by atoms with Gasteiger partial charge in [0.1, 0.15) is 11.2 Å². The predicted molar refractivity (Wildman–Crippen MR) is 205 cm³/mol. The highest BCUT2D eigenvalue weighted by Gasteiger charge is 2.84. The van der Waals surface area contributed by atoms with E-state index in [0.717, 1.165) is 34.8 Å². The normalized spacial score (nSPS) is 31.2. The highest BCUT2D eigenvalue weighted by molar-refractivity contribution is 6.07. The summed E-state index contributed by atoms with van der Waals surface area (Å²) in [5, 5.41) is 2.36. The fraction of sp³-hybridized carbons (Fsp3) is 0.375. The topological polar surface area (TPSA) is 16.4 Å². The summed E-state index contributed by atoms with van der Waals surface area (Å²) < 4.78 is 6.38. The van der Waals surface area contributed by atoms with Gasteiger partial charge in [0.25, 0.3) is 0 Å². The zero-order valence-electron chi connectivity index (χ0n) is 29.7. The molecule has 1 heterocycles. The second-order valence-electron chi connectivity index (χ2n) is 18.4. The van der Waals surface area contributed by atoms with Crippen LogP contribution >= 0.6 is 0 Å². The van der Waals surface area contributed by atoms with Crippen molar-refractivity contribution in [2.45, 2.75) is 82.5 Å². The van der Waals surface area contributed by atoms with Crippen LogP contribution in [0.3, 0.4) is 0 Å². The molecule has 0 aliphatic heterocycles. The first-order chi connectivity index (χ1) is 24.2. The molecule has 50 heavy (non-hydrogen) atoms. The molecule has 6 atom stereocenters. The van der Waals surface area contributed by atoms with Crippen molar-refractivity contribution in [2.24, 2.45) is 29.1 Å². The molecule has 2 bridgehead atoms. The molecule has 6 aromatic rings. The maximum atomic E-state index is 6.38. The van der Waals surface area contributed by atoms with Crippen molar-refractivity contribution in [1.82, 2.24) is 0 Å². The van der Waals surface area contributed by atoms with Gasteiger partial charge in [-0.2, -0.15) is 0 Å². The molecule has 2 nitrogen and oxygen atoms in total. The highest BCUT2D eigenvalue weighted by atomic mass is 16.3. The van der Waals surface area contributed by atoms with Gasteiger partial charge in [0.05, 0.1) is 11.4 Å². The molecular weight excluding hydrogens is 607 g/mol. The van der Waals surface area contributed by atoms with Gasteiger partial charge >= 0.3 is 0 Å². The Kier molecular flexibility index (Phi) is 5.08. The summed E-state index contributed by atoms with van der Waals surface area (Å²) in [5.74, 6) is 3.52. The zero-order chi connectivity index (χ0) is 33.4. The van der Waals surface area contributed by atoms with Gasteiger partial charge in [0.15, 0.2) is 0 Å². The van der Waals surface area contributed by atoms with Crippen LogP contribution in [0.4, 0.5) is 17.1 Å². The van der Waals surface area contributed by atoms with Crippen molar-refractivity contribution in [3.8, 4) is 11.1 Å². The SMILES string of the molecule is CC1(C)CCC(C)(C)c2c(N(c3ccc4oc5ccccc5c4c3)c3cccc4c3-c3ccccc3C43C4CC5CC6CC3C64C5)cccc21. The fourth-order valence-corrected chi connectivity index (χ4v) is 13.7. The zero-order valence-corrected chi connectivity index (χ0v) is 29.7. The molecule has 6 unspecified atom stereocenters. The van der Waals surface area contributed by atoms with E-state index in [2.05, 4.69) is 136 Å². The second-order valence-corrected chi connectivity index (χ2v) is 18.4. The Hall–Kier alpha value is -4.30. The molecule has 12 rings (SSSR count). The summed E-state index contributed by atoms with van der Waals surface area (Å²) >= 11 is 0. The number of hydrogen-bond acceptors (Lipinski definition) is 2. The van der Waals surface area contributed by atoms with E-state index < -0.39 is 0 Å². The minimum absolute atomic E-state index is 0.0492. The maximum absolute atomic E-state index is 6.38. The molecule has 2 spiro atoms. The monoisotopic (exact) mass is 651 g/mol. The summed E-state index contributed by atoms with van der Waals surface area (Å²) in [6, 6.07) is 39.6. The molecule has 0 N–H and O–H groups in total. The molecule has 0 saturated heterocycles. The van der Waals surface area contributed by atoms with Crippen LogP contribution in [-0.2, 0) is 16.2 Å². The van der Waals surface area contributed by atoms with Crippen molar-refractivity contribution in [1.29, 1.82) is 0 Å². The first kappa shape index (κ1) is 28.4. The quantitative estimate of drug-likeness (QED) is 0.189. The van der Waals surface area contributed by atoms with Crippen molar-refractivity contribution in [3.63, 3.8) is 0 Å². The van der Waals surface area contributed by atoms with Gasteiger partial charge in [-0.15, -0.1) is 0 Å². The smallest absolute Gasteiger partial charge is 0.135 e. The van der Waals surface area contributed by atoms with Crippen LogP contribution < -0.4 is 4.90 Å². The molecule has 1 aromatic heterocycles. The molecule has 4 fully saturated rings. The van der Waals surface area contributed by atoms with E-state index in [0.29, 0.717) is 5.41 Å². The lowest BCUT2D eigenvalue weighted by Crippen LogP contribution is -2.73. The number of rotatable bonds is 3. The Labute approximate surface area is 295 Å². The standard InChI is InChI=1S/C48H45NO/c1-45(2)21-22-46(3,4)44-36(45)15-10-17-38(44)49(30-19-20-40-33(26-30)31-11-6-8-18-39(31)50-40)37-16-9-14-35-43(37)32-12-5-7-13-34(32)48(35)41-24-28-23-29-25-42(48)47(29,41)27-28/h5-20,26,28-29,41-42H,21-25,27H2,1-4H3. The minimum atomic E-state index is 0.0492. The largest absolute Gasteiger partial charge is 0.456 e. The Morgan fingerprint density at radius 2 is 1.34 bits per heavy atom. The molecule has 0 amide bonds. The first-order valence-electron chi connectivity index (χ1n) is 19.3. The Bertz CT molecular complexity index is 2460. The third-order valence-corrected chi connectivity index (χ3v) is 15.6. The highest BCUT2D eigenvalue weighted by Crippen LogP contribution is 2.89. The number of benzene rings is 5. The number of furan rings is 1. The summed E-state index contributed by atoms with van der Waals surface area (Å²) in [5.41, 5.74) is 15.9. The van der Waals surface area contributed by atoms with Crippen LogP contribution in [0.2, 0.25) is 0 Å².